The second-order valence-electron chi connectivity index (χ2n) is 15.7. The number of alkyl halides is 2. The highest BCUT2D eigenvalue weighted by molar-refractivity contribution is 7.13. The predicted molar refractivity (Wildman–Crippen MR) is 179 cm³/mol. The Hall–Kier alpha value is -2.92. The van der Waals surface area contributed by atoms with Gasteiger partial charge in [0.15, 0.2) is 0 Å². The van der Waals surface area contributed by atoms with E-state index in [0.29, 0.717) is 32.5 Å². The number of thiazole rings is 1. The van der Waals surface area contributed by atoms with Crippen LogP contribution in [0.3, 0.4) is 0 Å². The SMILES string of the molecule is Cc1ncsc1-c1ccc(CNC(=O)C2CCCN2C(=O)C(NC(=O)CC2CC3(CCN(C[C@H]4CC4(F)F)CC3)C2)C(C)(C)C)cc1. The van der Waals surface area contributed by atoms with E-state index in [0.717, 1.165) is 66.9 Å². The third-order valence-corrected chi connectivity index (χ3v) is 11.9. The number of nitrogens with one attached hydrogen (secondary N) is 2. The monoisotopic (exact) mass is 669 g/mol. The van der Waals surface area contributed by atoms with Crippen molar-refractivity contribution in [3.8, 4) is 10.4 Å². The summed E-state index contributed by atoms with van der Waals surface area (Å²) in [4.78, 5) is 49.9. The zero-order valence-electron chi connectivity index (χ0n) is 28.1. The Balaban J connectivity index is 0.976. The van der Waals surface area contributed by atoms with Crippen LogP contribution in [0.2, 0.25) is 0 Å². The molecule has 2 aromatic rings. The lowest BCUT2D eigenvalue weighted by Crippen LogP contribution is -2.58. The smallest absolute Gasteiger partial charge is 0.252 e. The van der Waals surface area contributed by atoms with E-state index in [-0.39, 0.29) is 35.5 Å². The van der Waals surface area contributed by atoms with Crippen molar-refractivity contribution in [3.05, 3.63) is 41.0 Å². The van der Waals surface area contributed by atoms with Gasteiger partial charge in [0.1, 0.15) is 12.1 Å². The second kappa shape index (κ2) is 13.2. The molecular weight excluding hydrogens is 620 g/mol. The summed E-state index contributed by atoms with van der Waals surface area (Å²) in [5.41, 5.74) is 4.61. The standard InChI is InChI=1S/C36H49F2N5O3S/c1-23-30(47-22-40-23)26-9-7-24(8-10-26)20-39-32(45)28-6-5-13-43(28)33(46)31(34(2,3)4)41-29(44)16-25-17-35(18-25)11-14-42(15-12-35)21-27-19-36(27,37)38/h7-10,22,25,27-28,31H,5-6,11-21H2,1-4H3,(H,39,45)(H,41,44)/t27-,28?,31?/m1/s1. The number of aryl methyl sites for hydroxylation is 1. The van der Waals surface area contributed by atoms with Crippen molar-refractivity contribution < 1.29 is 23.2 Å². The van der Waals surface area contributed by atoms with Gasteiger partial charge in [-0.2, -0.15) is 0 Å². The van der Waals surface area contributed by atoms with Crippen molar-refractivity contribution in [1.82, 2.24) is 25.4 Å². The van der Waals surface area contributed by atoms with Crippen LogP contribution in [-0.2, 0) is 20.9 Å². The molecule has 8 nitrogen and oxygen atoms in total. The molecule has 3 atom stereocenters. The Bertz CT molecular complexity index is 1460. The molecule has 2 saturated heterocycles. The van der Waals surface area contributed by atoms with E-state index < -0.39 is 29.3 Å². The van der Waals surface area contributed by atoms with Crippen molar-refractivity contribution in [1.29, 1.82) is 0 Å². The fourth-order valence-corrected chi connectivity index (χ4v) is 8.78. The molecule has 3 amide bonds. The molecule has 1 spiro atoms. The lowest BCUT2D eigenvalue weighted by atomic mass is 9.56. The van der Waals surface area contributed by atoms with E-state index in [9.17, 15) is 23.2 Å². The number of rotatable bonds is 10. The first-order valence-corrected chi connectivity index (χ1v) is 18.1. The molecule has 2 N–H and O–H groups in total. The van der Waals surface area contributed by atoms with Crippen LogP contribution in [0, 0.1) is 29.6 Å². The highest BCUT2D eigenvalue weighted by Crippen LogP contribution is 2.55. The van der Waals surface area contributed by atoms with Crippen LogP contribution in [0.15, 0.2) is 29.8 Å². The fraction of sp³-hybridized carbons (Fsp3) is 0.667. The van der Waals surface area contributed by atoms with Crippen LogP contribution in [0.4, 0.5) is 8.78 Å². The van der Waals surface area contributed by atoms with Gasteiger partial charge in [0.2, 0.25) is 17.7 Å². The zero-order valence-corrected chi connectivity index (χ0v) is 28.9. The molecule has 1 aromatic carbocycles. The van der Waals surface area contributed by atoms with Crippen molar-refractivity contribution in [2.24, 2.45) is 22.7 Å². The largest absolute Gasteiger partial charge is 0.350 e. The lowest BCUT2D eigenvalue weighted by Gasteiger charge is -2.52. The molecule has 0 bridgehead atoms. The fourth-order valence-electron chi connectivity index (χ4n) is 7.97. The Labute approximate surface area is 281 Å². The third-order valence-electron chi connectivity index (χ3n) is 11.0. The summed E-state index contributed by atoms with van der Waals surface area (Å²) in [6, 6.07) is 6.79. The molecular formula is C36H49F2N5O3S. The highest BCUT2D eigenvalue weighted by Gasteiger charge is 2.57. The second-order valence-corrected chi connectivity index (χ2v) is 16.5. The van der Waals surface area contributed by atoms with Gasteiger partial charge in [0.05, 0.1) is 16.1 Å². The topological polar surface area (TPSA) is 94.6 Å². The number of piperidine rings is 1. The maximum absolute atomic E-state index is 13.9. The first kappa shape index (κ1) is 34.0. The Morgan fingerprint density at radius 3 is 2.34 bits per heavy atom. The Kier molecular flexibility index (Phi) is 9.52. The minimum atomic E-state index is -2.46. The van der Waals surface area contributed by atoms with Gasteiger partial charge < -0.3 is 20.4 Å². The summed E-state index contributed by atoms with van der Waals surface area (Å²) in [5.74, 6) is -3.16. The average molecular weight is 670 g/mol. The molecule has 47 heavy (non-hydrogen) atoms. The number of amides is 3. The maximum atomic E-state index is 13.9. The Morgan fingerprint density at radius 1 is 1.06 bits per heavy atom. The predicted octanol–water partition coefficient (Wildman–Crippen LogP) is 5.79. The van der Waals surface area contributed by atoms with Gasteiger partial charge in [-0.15, -0.1) is 11.3 Å². The van der Waals surface area contributed by atoms with Crippen molar-refractivity contribution in [3.63, 3.8) is 0 Å². The summed E-state index contributed by atoms with van der Waals surface area (Å²) in [6.45, 7) is 10.9. The number of hydrogen-bond donors (Lipinski definition) is 2. The number of carbonyl (C=O) groups is 3. The van der Waals surface area contributed by atoms with Gasteiger partial charge in [0.25, 0.3) is 5.92 Å². The summed E-state index contributed by atoms with van der Waals surface area (Å²) in [7, 11) is 0. The van der Waals surface area contributed by atoms with E-state index in [4.69, 9.17) is 0 Å². The normalized spacial score (nSPS) is 24.5. The minimum absolute atomic E-state index is 0.0274. The zero-order chi connectivity index (χ0) is 33.6. The lowest BCUT2D eigenvalue weighted by molar-refractivity contribution is -0.144. The van der Waals surface area contributed by atoms with Crippen molar-refractivity contribution >= 4 is 29.1 Å². The Morgan fingerprint density at radius 2 is 1.74 bits per heavy atom. The number of likely N-dealkylation sites (tertiary alicyclic amines) is 2. The maximum Gasteiger partial charge on any atom is 0.252 e. The van der Waals surface area contributed by atoms with Gasteiger partial charge >= 0.3 is 0 Å². The number of hydrogen-bond acceptors (Lipinski definition) is 6. The third kappa shape index (κ3) is 7.71. The van der Waals surface area contributed by atoms with E-state index in [1.807, 2.05) is 57.5 Å². The van der Waals surface area contributed by atoms with Gasteiger partial charge in [-0.1, -0.05) is 45.0 Å². The molecule has 3 heterocycles. The van der Waals surface area contributed by atoms with Crippen LogP contribution in [0.25, 0.3) is 10.4 Å². The van der Waals surface area contributed by atoms with Crippen LogP contribution >= 0.6 is 11.3 Å². The van der Waals surface area contributed by atoms with Crippen molar-refractivity contribution in [2.75, 3.05) is 26.2 Å². The minimum Gasteiger partial charge on any atom is -0.350 e. The number of nitrogens with zero attached hydrogens (tertiary/aromatic N) is 3. The number of carbonyl (C=O) groups excluding carboxylic acids is 3. The molecule has 11 heteroatoms. The van der Waals surface area contributed by atoms with Crippen LogP contribution < -0.4 is 10.6 Å². The van der Waals surface area contributed by atoms with Crippen LogP contribution in [0.1, 0.15) is 83.4 Å². The molecule has 2 aliphatic carbocycles. The molecule has 2 saturated carbocycles. The molecule has 1 aromatic heterocycles. The molecule has 0 radical (unpaired) electrons. The van der Waals surface area contributed by atoms with E-state index in [2.05, 4.69) is 20.5 Å². The van der Waals surface area contributed by atoms with E-state index >= 15 is 0 Å². The first-order valence-electron chi connectivity index (χ1n) is 17.2. The van der Waals surface area contributed by atoms with Crippen molar-refractivity contribution in [2.45, 2.75) is 104 Å². The van der Waals surface area contributed by atoms with Gasteiger partial charge in [-0.3, -0.25) is 14.4 Å². The highest BCUT2D eigenvalue weighted by atomic mass is 32.1. The molecule has 256 valence electrons. The van der Waals surface area contributed by atoms with Crippen LogP contribution in [0.5, 0.6) is 0 Å². The molecule has 4 fully saturated rings. The molecule has 2 unspecified atom stereocenters. The summed E-state index contributed by atoms with van der Waals surface area (Å²) >= 11 is 1.60. The molecule has 6 rings (SSSR count). The van der Waals surface area contributed by atoms with E-state index in [1.165, 1.54) is 0 Å². The summed E-state index contributed by atoms with van der Waals surface area (Å²) in [5, 5.41) is 6.09. The first-order chi connectivity index (χ1) is 22.2. The molecule has 2 aliphatic heterocycles. The molecule has 4 aliphatic rings. The average Bonchev–Trinajstić information content (AvgIpc) is 3.37. The number of halogens is 2. The van der Waals surface area contributed by atoms with Crippen LogP contribution in [-0.4, -0.2) is 76.7 Å². The van der Waals surface area contributed by atoms with Gasteiger partial charge in [0, 0.05) is 38.4 Å². The van der Waals surface area contributed by atoms with E-state index in [1.54, 1.807) is 16.2 Å². The van der Waals surface area contributed by atoms with Gasteiger partial charge in [-0.25, -0.2) is 13.8 Å². The summed E-state index contributed by atoms with van der Waals surface area (Å²) in [6.07, 6.45) is 5.70. The number of aromatic nitrogens is 1. The number of benzene rings is 1. The quantitative estimate of drug-likeness (QED) is 0.334. The van der Waals surface area contributed by atoms with Gasteiger partial charge in [-0.05, 0) is 86.4 Å². The summed E-state index contributed by atoms with van der Waals surface area (Å²) < 4.78 is 26.7.